The lowest BCUT2D eigenvalue weighted by Gasteiger charge is -2.42. The molecule has 0 aliphatic carbocycles. The first kappa shape index (κ1) is 21.6. The molecule has 0 saturated carbocycles. The third kappa shape index (κ3) is 5.37. The standard InChI is InChI=1S/C25H34N4O2/c1-27-15-6-10-23(27)25(31)28-17-12-22(13-18-28)29-16-5-9-21(19-29)24(30)26-14-11-20-7-3-2-4-8-20/h2-4,6-8,10,15,21-22H,5,9,11-14,16-19H2,1H3,(H,26,30). The predicted molar refractivity (Wildman–Crippen MR) is 122 cm³/mol. The van der Waals surface area contributed by atoms with Crippen molar-refractivity contribution >= 4 is 11.8 Å². The number of carbonyl (C=O) groups is 2. The molecule has 4 rings (SSSR count). The van der Waals surface area contributed by atoms with Gasteiger partial charge in [-0.15, -0.1) is 0 Å². The molecule has 6 nitrogen and oxygen atoms in total. The highest BCUT2D eigenvalue weighted by atomic mass is 16.2. The van der Waals surface area contributed by atoms with Crippen LogP contribution in [0.15, 0.2) is 48.7 Å². The van der Waals surface area contributed by atoms with Crippen LogP contribution in [0, 0.1) is 5.92 Å². The Hall–Kier alpha value is -2.60. The molecule has 6 heteroatoms. The van der Waals surface area contributed by atoms with Crippen molar-refractivity contribution in [2.75, 3.05) is 32.7 Å². The normalized spacial score (nSPS) is 20.5. The van der Waals surface area contributed by atoms with Crippen LogP contribution in [0.3, 0.4) is 0 Å². The maximum absolute atomic E-state index is 12.7. The quantitative estimate of drug-likeness (QED) is 0.779. The van der Waals surface area contributed by atoms with Crippen LogP contribution in [-0.2, 0) is 18.3 Å². The highest BCUT2D eigenvalue weighted by Crippen LogP contribution is 2.25. The van der Waals surface area contributed by atoms with Gasteiger partial charge in [-0.25, -0.2) is 0 Å². The first-order chi connectivity index (χ1) is 15.1. The van der Waals surface area contributed by atoms with Gasteiger partial charge >= 0.3 is 0 Å². The molecule has 0 bridgehead atoms. The van der Waals surface area contributed by atoms with Gasteiger partial charge in [0.05, 0.1) is 5.92 Å². The molecule has 2 aliphatic rings. The second-order valence-corrected chi connectivity index (χ2v) is 8.89. The van der Waals surface area contributed by atoms with E-state index in [-0.39, 0.29) is 17.7 Å². The van der Waals surface area contributed by atoms with Gasteiger partial charge in [0.2, 0.25) is 5.91 Å². The van der Waals surface area contributed by atoms with Crippen molar-refractivity contribution < 1.29 is 9.59 Å². The number of nitrogens with one attached hydrogen (secondary N) is 1. The number of carbonyl (C=O) groups excluding carboxylic acids is 2. The molecule has 1 aromatic carbocycles. The molecule has 166 valence electrons. The molecule has 2 saturated heterocycles. The van der Waals surface area contributed by atoms with Gasteiger partial charge in [-0.05, 0) is 56.3 Å². The number of rotatable bonds is 6. The number of aryl methyl sites for hydroxylation is 1. The van der Waals surface area contributed by atoms with E-state index in [9.17, 15) is 9.59 Å². The Morgan fingerprint density at radius 1 is 1.00 bits per heavy atom. The van der Waals surface area contributed by atoms with E-state index in [0.29, 0.717) is 12.6 Å². The molecule has 31 heavy (non-hydrogen) atoms. The first-order valence-electron chi connectivity index (χ1n) is 11.6. The van der Waals surface area contributed by atoms with Crippen molar-refractivity contribution in [3.05, 3.63) is 59.9 Å². The van der Waals surface area contributed by atoms with Gasteiger partial charge in [0.1, 0.15) is 5.69 Å². The lowest BCUT2D eigenvalue weighted by molar-refractivity contribution is -0.127. The van der Waals surface area contributed by atoms with Crippen LogP contribution in [0.2, 0.25) is 0 Å². The predicted octanol–water partition coefficient (Wildman–Crippen LogP) is 2.70. The first-order valence-corrected chi connectivity index (χ1v) is 11.6. The Balaban J connectivity index is 1.23. The summed E-state index contributed by atoms with van der Waals surface area (Å²) >= 11 is 0. The maximum Gasteiger partial charge on any atom is 0.270 e. The number of hydrogen-bond acceptors (Lipinski definition) is 3. The van der Waals surface area contributed by atoms with Crippen LogP contribution in [-0.4, -0.2) is 64.9 Å². The summed E-state index contributed by atoms with van der Waals surface area (Å²) in [6, 6.07) is 14.6. The van der Waals surface area contributed by atoms with Crippen molar-refractivity contribution in [2.24, 2.45) is 13.0 Å². The van der Waals surface area contributed by atoms with Crippen molar-refractivity contribution in [3.63, 3.8) is 0 Å². The fourth-order valence-electron chi connectivity index (χ4n) is 4.95. The smallest absolute Gasteiger partial charge is 0.270 e. The van der Waals surface area contributed by atoms with Crippen molar-refractivity contribution in [1.29, 1.82) is 0 Å². The van der Waals surface area contributed by atoms with Gasteiger partial charge in [0.25, 0.3) is 5.91 Å². The monoisotopic (exact) mass is 422 g/mol. The molecule has 2 aliphatic heterocycles. The van der Waals surface area contributed by atoms with Gasteiger partial charge in [0, 0.05) is 45.5 Å². The van der Waals surface area contributed by atoms with E-state index >= 15 is 0 Å². The molecule has 1 N–H and O–H groups in total. The minimum Gasteiger partial charge on any atom is -0.355 e. The summed E-state index contributed by atoms with van der Waals surface area (Å²) in [7, 11) is 1.92. The average Bonchev–Trinajstić information content (AvgIpc) is 3.25. The minimum absolute atomic E-state index is 0.0764. The zero-order valence-electron chi connectivity index (χ0n) is 18.5. The number of nitrogens with zero attached hydrogens (tertiary/aromatic N) is 3. The van der Waals surface area contributed by atoms with Crippen LogP contribution < -0.4 is 5.32 Å². The lowest BCUT2D eigenvalue weighted by Crippen LogP contribution is -2.51. The van der Waals surface area contributed by atoms with Gasteiger partial charge in [0.15, 0.2) is 0 Å². The van der Waals surface area contributed by atoms with Gasteiger partial charge < -0.3 is 14.8 Å². The second kappa shape index (κ2) is 10.1. The molecular formula is C25H34N4O2. The van der Waals surface area contributed by atoms with Gasteiger partial charge in [-0.1, -0.05) is 30.3 Å². The van der Waals surface area contributed by atoms with Crippen LogP contribution in [0.1, 0.15) is 41.7 Å². The third-order valence-electron chi connectivity index (χ3n) is 6.81. The van der Waals surface area contributed by atoms with Crippen molar-refractivity contribution in [2.45, 2.75) is 38.1 Å². The van der Waals surface area contributed by atoms with E-state index in [0.717, 1.165) is 64.0 Å². The lowest BCUT2D eigenvalue weighted by atomic mass is 9.93. The number of aromatic nitrogens is 1. The minimum atomic E-state index is 0.0764. The van der Waals surface area contributed by atoms with Crippen LogP contribution in [0.25, 0.3) is 0 Å². The van der Waals surface area contributed by atoms with E-state index in [1.54, 1.807) is 0 Å². The van der Waals surface area contributed by atoms with Crippen LogP contribution in [0.5, 0.6) is 0 Å². The molecule has 2 amide bonds. The average molecular weight is 423 g/mol. The van der Waals surface area contributed by atoms with E-state index in [2.05, 4.69) is 22.3 Å². The summed E-state index contributed by atoms with van der Waals surface area (Å²) in [6.07, 6.45) is 6.80. The molecule has 0 radical (unpaired) electrons. The van der Waals surface area contributed by atoms with E-state index < -0.39 is 0 Å². The molecule has 1 atom stereocenters. The Morgan fingerprint density at radius 2 is 1.77 bits per heavy atom. The fraction of sp³-hybridized carbons (Fsp3) is 0.520. The van der Waals surface area contributed by atoms with E-state index in [1.165, 1.54) is 5.56 Å². The Labute approximate surface area is 185 Å². The number of likely N-dealkylation sites (tertiary alicyclic amines) is 2. The highest BCUT2D eigenvalue weighted by molar-refractivity contribution is 5.92. The Bertz CT molecular complexity index is 871. The topological polar surface area (TPSA) is 57.6 Å². The fourth-order valence-corrected chi connectivity index (χ4v) is 4.95. The van der Waals surface area contributed by atoms with E-state index in [1.807, 2.05) is 53.0 Å². The Kier molecular flexibility index (Phi) is 7.07. The highest BCUT2D eigenvalue weighted by Gasteiger charge is 2.32. The maximum atomic E-state index is 12.7. The van der Waals surface area contributed by atoms with Crippen molar-refractivity contribution in [1.82, 2.24) is 19.7 Å². The second-order valence-electron chi connectivity index (χ2n) is 8.89. The largest absolute Gasteiger partial charge is 0.355 e. The summed E-state index contributed by atoms with van der Waals surface area (Å²) in [5.41, 5.74) is 2.01. The molecule has 1 unspecified atom stereocenters. The summed E-state index contributed by atoms with van der Waals surface area (Å²) in [4.78, 5) is 29.9. The van der Waals surface area contributed by atoms with Gasteiger partial charge in [-0.3, -0.25) is 14.5 Å². The molecular weight excluding hydrogens is 388 g/mol. The van der Waals surface area contributed by atoms with Crippen LogP contribution >= 0.6 is 0 Å². The number of benzene rings is 1. The zero-order valence-corrected chi connectivity index (χ0v) is 18.5. The summed E-state index contributed by atoms with van der Waals surface area (Å²) in [5, 5.41) is 3.15. The summed E-state index contributed by atoms with van der Waals surface area (Å²) in [5.74, 6) is 0.393. The Morgan fingerprint density at radius 3 is 2.48 bits per heavy atom. The summed E-state index contributed by atoms with van der Waals surface area (Å²) in [6.45, 7) is 4.18. The molecule has 2 fully saturated rings. The molecule has 3 heterocycles. The molecule has 2 aromatic rings. The molecule has 0 spiro atoms. The number of amides is 2. The third-order valence-corrected chi connectivity index (χ3v) is 6.81. The number of hydrogen-bond donors (Lipinski definition) is 1. The number of piperidine rings is 2. The van der Waals surface area contributed by atoms with Gasteiger partial charge in [-0.2, -0.15) is 0 Å². The molecule has 1 aromatic heterocycles. The van der Waals surface area contributed by atoms with E-state index in [4.69, 9.17) is 0 Å². The van der Waals surface area contributed by atoms with Crippen LogP contribution in [0.4, 0.5) is 0 Å². The summed E-state index contributed by atoms with van der Waals surface area (Å²) < 4.78 is 1.89. The zero-order chi connectivity index (χ0) is 21.6. The van der Waals surface area contributed by atoms with Crippen molar-refractivity contribution in [3.8, 4) is 0 Å². The SMILES string of the molecule is Cn1cccc1C(=O)N1CCC(N2CCCC(C(=O)NCCc3ccccc3)C2)CC1.